The molecule has 4 aromatic rings. The maximum Gasteiger partial charge on any atom is 0.261 e. The van der Waals surface area contributed by atoms with E-state index in [1.165, 1.54) is 6.33 Å². The third kappa shape index (κ3) is 3.55. The molecule has 0 saturated heterocycles. The van der Waals surface area contributed by atoms with Crippen molar-refractivity contribution in [2.24, 2.45) is 0 Å². The summed E-state index contributed by atoms with van der Waals surface area (Å²) in [5, 5.41) is 4.48. The minimum Gasteiger partial charge on any atom is -0.324 e. The summed E-state index contributed by atoms with van der Waals surface area (Å²) in [6, 6.07) is 16.8. The van der Waals surface area contributed by atoms with Crippen molar-refractivity contribution in [1.82, 2.24) is 14.5 Å². The Morgan fingerprint density at radius 2 is 1.85 bits per heavy atom. The van der Waals surface area contributed by atoms with Crippen LogP contribution in [0.4, 0.5) is 5.69 Å². The van der Waals surface area contributed by atoms with E-state index in [1.54, 1.807) is 16.8 Å². The third-order valence-electron chi connectivity index (χ3n) is 4.44. The summed E-state index contributed by atoms with van der Waals surface area (Å²) in [7, 11) is 0. The zero-order chi connectivity index (χ0) is 18.6. The molecule has 2 aromatic heterocycles. The van der Waals surface area contributed by atoms with Crippen LogP contribution < -0.4 is 10.9 Å². The molecule has 0 fully saturated rings. The zero-order valence-corrected chi connectivity index (χ0v) is 14.6. The number of aromatic nitrogens is 3. The van der Waals surface area contributed by atoms with Crippen molar-refractivity contribution in [3.05, 3.63) is 77.5 Å². The summed E-state index contributed by atoms with van der Waals surface area (Å²) in [6.07, 6.45) is 4.10. The van der Waals surface area contributed by atoms with Crippen LogP contribution in [0.25, 0.3) is 21.8 Å². The fourth-order valence-electron chi connectivity index (χ4n) is 3.09. The molecule has 0 saturated carbocycles. The SMILES string of the molecule is O=C(CCCn1cnc2ccccc2c1=O)Nc1cccc2cccnc12. The number of hydrogen-bond acceptors (Lipinski definition) is 4. The Kier molecular flexibility index (Phi) is 4.61. The van der Waals surface area contributed by atoms with Gasteiger partial charge in [0.05, 0.1) is 28.4 Å². The van der Waals surface area contributed by atoms with Gasteiger partial charge in [0.15, 0.2) is 0 Å². The lowest BCUT2D eigenvalue weighted by atomic mass is 10.2. The highest BCUT2D eigenvalue weighted by Crippen LogP contribution is 2.20. The monoisotopic (exact) mass is 358 g/mol. The van der Waals surface area contributed by atoms with Gasteiger partial charge in [-0.1, -0.05) is 30.3 Å². The molecule has 0 radical (unpaired) electrons. The van der Waals surface area contributed by atoms with Gasteiger partial charge in [0, 0.05) is 24.5 Å². The fourth-order valence-corrected chi connectivity index (χ4v) is 3.09. The molecule has 0 aliphatic carbocycles. The second-order valence-electron chi connectivity index (χ2n) is 6.29. The molecule has 6 nitrogen and oxygen atoms in total. The van der Waals surface area contributed by atoms with Crippen molar-refractivity contribution < 1.29 is 4.79 Å². The molecule has 1 amide bonds. The predicted molar refractivity (Wildman–Crippen MR) is 106 cm³/mol. The Bertz CT molecular complexity index is 1180. The summed E-state index contributed by atoms with van der Waals surface area (Å²) in [5.74, 6) is -0.102. The van der Waals surface area contributed by atoms with E-state index in [0.29, 0.717) is 36.0 Å². The fraction of sp³-hybridized carbons (Fsp3) is 0.143. The van der Waals surface area contributed by atoms with Crippen molar-refractivity contribution in [2.75, 3.05) is 5.32 Å². The van der Waals surface area contributed by atoms with Crippen molar-refractivity contribution in [2.45, 2.75) is 19.4 Å². The van der Waals surface area contributed by atoms with Crippen molar-refractivity contribution in [3.8, 4) is 0 Å². The first-order chi connectivity index (χ1) is 13.2. The number of hydrogen-bond donors (Lipinski definition) is 1. The molecule has 2 aromatic carbocycles. The van der Waals surface area contributed by atoms with Gasteiger partial charge in [-0.15, -0.1) is 0 Å². The summed E-state index contributed by atoms with van der Waals surface area (Å²) in [6.45, 7) is 0.442. The highest BCUT2D eigenvalue weighted by molar-refractivity contribution is 6.00. The number of amides is 1. The molecule has 0 aliphatic rings. The molecule has 0 bridgehead atoms. The molecule has 1 N–H and O–H groups in total. The van der Waals surface area contributed by atoms with Gasteiger partial charge in [0.25, 0.3) is 5.56 Å². The maximum absolute atomic E-state index is 12.5. The molecule has 0 spiro atoms. The summed E-state index contributed by atoms with van der Waals surface area (Å²) in [4.78, 5) is 33.4. The molecule has 0 aliphatic heterocycles. The lowest BCUT2D eigenvalue weighted by molar-refractivity contribution is -0.116. The summed E-state index contributed by atoms with van der Waals surface area (Å²) < 4.78 is 1.55. The Morgan fingerprint density at radius 3 is 2.78 bits per heavy atom. The predicted octanol–water partition coefficient (Wildman–Crippen LogP) is 3.36. The highest BCUT2D eigenvalue weighted by Gasteiger charge is 2.08. The van der Waals surface area contributed by atoms with Crippen molar-refractivity contribution in [3.63, 3.8) is 0 Å². The van der Waals surface area contributed by atoms with Crippen LogP contribution in [-0.4, -0.2) is 20.4 Å². The number of para-hydroxylation sites is 2. The van der Waals surface area contributed by atoms with Gasteiger partial charge in [-0.2, -0.15) is 0 Å². The first kappa shape index (κ1) is 16.9. The molecule has 4 rings (SSSR count). The van der Waals surface area contributed by atoms with E-state index < -0.39 is 0 Å². The van der Waals surface area contributed by atoms with E-state index in [0.717, 1.165) is 10.9 Å². The van der Waals surface area contributed by atoms with Crippen LogP contribution >= 0.6 is 0 Å². The first-order valence-electron chi connectivity index (χ1n) is 8.80. The van der Waals surface area contributed by atoms with Crippen LogP contribution in [-0.2, 0) is 11.3 Å². The maximum atomic E-state index is 12.5. The molecule has 2 heterocycles. The Hall–Kier alpha value is -3.54. The van der Waals surface area contributed by atoms with E-state index in [-0.39, 0.29) is 11.5 Å². The largest absolute Gasteiger partial charge is 0.324 e. The van der Waals surface area contributed by atoms with Crippen molar-refractivity contribution in [1.29, 1.82) is 0 Å². The average molecular weight is 358 g/mol. The number of carbonyl (C=O) groups excluding carboxylic acids is 1. The van der Waals surface area contributed by atoms with Crippen LogP contribution in [0.2, 0.25) is 0 Å². The highest BCUT2D eigenvalue weighted by atomic mass is 16.1. The van der Waals surface area contributed by atoms with Crippen LogP contribution in [0.5, 0.6) is 0 Å². The lowest BCUT2D eigenvalue weighted by Crippen LogP contribution is -2.21. The number of carbonyl (C=O) groups is 1. The number of aryl methyl sites for hydroxylation is 1. The Morgan fingerprint density at radius 1 is 1.00 bits per heavy atom. The number of anilines is 1. The average Bonchev–Trinajstić information content (AvgIpc) is 2.70. The van der Waals surface area contributed by atoms with Gasteiger partial charge in [0.1, 0.15) is 0 Å². The standard InChI is InChI=1S/C21H18N4O2/c26-19(24-18-10-3-6-15-7-4-12-22-20(15)18)11-5-13-25-14-23-17-9-2-1-8-16(17)21(25)27/h1-4,6-10,12,14H,5,11,13H2,(H,24,26). The minimum absolute atomic E-state index is 0.0840. The van der Waals surface area contributed by atoms with Gasteiger partial charge in [-0.25, -0.2) is 4.98 Å². The van der Waals surface area contributed by atoms with E-state index in [4.69, 9.17) is 0 Å². The molecular weight excluding hydrogens is 340 g/mol. The van der Waals surface area contributed by atoms with Crippen LogP contribution in [0.3, 0.4) is 0 Å². The second-order valence-corrected chi connectivity index (χ2v) is 6.29. The Balaban J connectivity index is 1.41. The van der Waals surface area contributed by atoms with Crippen LogP contribution in [0.1, 0.15) is 12.8 Å². The minimum atomic E-state index is -0.102. The van der Waals surface area contributed by atoms with Gasteiger partial charge in [0.2, 0.25) is 5.91 Å². The first-order valence-corrected chi connectivity index (χ1v) is 8.80. The molecule has 6 heteroatoms. The smallest absolute Gasteiger partial charge is 0.261 e. The van der Waals surface area contributed by atoms with Gasteiger partial charge >= 0.3 is 0 Å². The number of nitrogens with one attached hydrogen (secondary N) is 1. The zero-order valence-electron chi connectivity index (χ0n) is 14.6. The normalized spacial score (nSPS) is 11.0. The van der Waals surface area contributed by atoms with E-state index in [2.05, 4.69) is 15.3 Å². The topological polar surface area (TPSA) is 76.9 Å². The van der Waals surface area contributed by atoms with Crippen molar-refractivity contribution >= 4 is 33.4 Å². The molecule has 27 heavy (non-hydrogen) atoms. The number of nitrogens with zero attached hydrogens (tertiary/aromatic N) is 3. The van der Waals surface area contributed by atoms with Crippen LogP contribution in [0, 0.1) is 0 Å². The number of fused-ring (bicyclic) bond motifs is 2. The molecule has 134 valence electrons. The lowest BCUT2D eigenvalue weighted by Gasteiger charge is -2.09. The van der Waals surface area contributed by atoms with E-state index in [1.807, 2.05) is 48.5 Å². The second kappa shape index (κ2) is 7.37. The number of pyridine rings is 1. The van der Waals surface area contributed by atoms with Crippen LogP contribution in [0.15, 0.2) is 71.9 Å². The molecule has 0 unspecified atom stereocenters. The Labute approximate surface area is 155 Å². The van der Waals surface area contributed by atoms with E-state index >= 15 is 0 Å². The number of rotatable bonds is 5. The molecular formula is C21H18N4O2. The quantitative estimate of drug-likeness (QED) is 0.593. The molecule has 0 atom stereocenters. The number of benzene rings is 2. The summed E-state index contributed by atoms with van der Waals surface area (Å²) in [5.41, 5.74) is 2.06. The van der Waals surface area contributed by atoms with Gasteiger partial charge in [-0.3, -0.25) is 19.1 Å². The third-order valence-corrected chi connectivity index (χ3v) is 4.44. The van der Waals surface area contributed by atoms with Gasteiger partial charge < -0.3 is 5.32 Å². The van der Waals surface area contributed by atoms with Gasteiger partial charge in [-0.05, 0) is 30.7 Å². The van der Waals surface area contributed by atoms with E-state index in [9.17, 15) is 9.59 Å². The summed E-state index contributed by atoms with van der Waals surface area (Å²) >= 11 is 0.